The third-order valence-corrected chi connectivity index (χ3v) is 6.00. The Balaban J connectivity index is 1.68. The minimum absolute atomic E-state index is 0.131. The Morgan fingerprint density at radius 1 is 1.20 bits per heavy atom. The number of thiophene rings is 1. The molecule has 30 heavy (non-hydrogen) atoms. The number of aryl methyl sites for hydroxylation is 2. The second-order valence-electron chi connectivity index (χ2n) is 7.29. The second-order valence-corrected chi connectivity index (χ2v) is 8.49. The Hall–Kier alpha value is -3.21. The molecule has 3 heterocycles. The van der Waals surface area contributed by atoms with Crippen LogP contribution >= 0.6 is 11.3 Å². The van der Waals surface area contributed by atoms with Gasteiger partial charge in [-0.05, 0) is 31.5 Å². The smallest absolute Gasteiger partial charge is 0.260 e. The Labute approximate surface area is 178 Å². The molecule has 0 aliphatic rings. The van der Waals surface area contributed by atoms with E-state index in [0.717, 1.165) is 26.6 Å². The summed E-state index contributed by atoms with van der Waals surface area (Å²) in [6, 6.07) is 14.1. The molecule has 0 unspecified atom stereocenters. The van der Waals surface area contributed by atoms with Crippen LogP contribution in [-0.2, 0) is 13.1 Å². The predicted molar refractivity (Wildman–Crippen MR) is 118 cm³/mol. The number of benzene rings is 1. The molecule has 0 saturated carbocycles. The number of aromatic amines is 1. The Bertz CT molecular complexity index is 1250. The van der Waals surface area contributed by atoms with E-state index in [-0.39, 0.29) is 5.56 Å². The van der Waals surface area contributed by atoms with Crippen LogP contribution in [0.4, 0.5) is 0 Å². The van der Waals surface area contributed by atoms with E-state index in [4.69, 9.17) is 14.7 Å². The number of fused-ring (bicyclic) bond motifs is 1. The third kappa shape index (κ3) is 4.20. The highest BCUT2D eigenvalue weighted by molar-refractivity contribution is 7.19. The molecule has 3 aromatic heterocycles. The molecule has 0 aliphatic heterocycles. The van der Waals surface area contributed by atoms with E-state index < -0.39 is 0 Å². The molecular weight excluding hydrogens is 396 g/mol. The first-order valence-electron chi connectivity index (χ1n) is 9.76. The Morgan fingerprint density at radius 3 is 2.70 bits per heavy atom. The molecule has 4 aromatic rings. The van der Waals surface area contributed by atoms with Gasteiger partial charge in [-0.2, -0.15) is 5.26 Å². The maximum atomic E-state index is 13.0. The molecule has 0 fully saturated rings. The van der Waals surface area contributed by atoms with Crippen molar-refractivity contribution in [2.75, 3.05) is 6.54 Å². The summed E-state index contributed by atoms with van der Waals surface area (Å²) in [6.07, 6.45) is 2.02. The van der Waals surface area contributed by atoms with Gasteiger partial charge in [0.05, 0.1) is 30.8 Å². The quantitative estimate of drug-likeness (QED) is 0.467. The SMILES string of the molecule is Cc1ccc(-c2c(C)sc3nc(CN(CCC#N)Cc4ccco4)[nH]c(=O)c23)cc1. The van der Waals surface area contributed by atoms with E-state index in [1.165, 1.54) is 16.9 Å². The minimum atomic E-state index is -0.131. The average Bonchev–Trinajstić information content (AvgIpc) is 3.34. The van der Waals surface area contributed by atoms with E-state index in [1.54, 1.807) is 6.26 Å². The highest BCUT2D eigenvalue weighted by Crippen LogP contribution is 2.35. The normalized spacial score (nSPS) is 11.3. The zero-order chi connectivity index (χ0) is 21.1. The van der Waals surface area contributed by atoms with Crippen LogP contribution in [0.1, 0.15) is 28.4 Å². The van der Waals surface area contributed by atoms with E-state index >= 15 is 0 Å². The molecule has 6 nitrogen and oxygen atoms in total. The third-order valence-electron chi connectivity index (χ3n) is 5.00. The zero-order valence-corrected chi connectivity index (χ0v) is 17.8. The number of nitriles is 1. The standard InChI is InChI=1S/C23H22N4O2S/c1-15-6-8-17(9-7-15)20-16(2)30-23-21(20)22(28)25-19(26-23)14-27(11-4-10-24)13-18-5-3-12-29-18/h3,5-9,12H,4,11,13-14H2,1-2H3,(H,25,26,28). The van der Waals surface area contributed by atoms with Crippen LogP contribution in [0, 0.1) is 25.2 Å². The molecule has 0 bridgehead atoms. The lowest BCUT2D eigenvalue weighted by Crippen LogP contribution is -2.26. The molecule has 0 amide bonds. The number of aromatic nitrogens is 2. The molecule has 0 spiro atoms. The number of rotatable bonds is 7. The van der Waals surface area contributed by atoms with E-state index in [2.05, 4.69) is 23.2 Å². The molecule has 0 atom stereocenters. The highest BCUT2D eigenvalue weighted by Gasteiger charge is 2.18. The fourth-order valence-electron chi connectivity index (χ4n) is 3.56. The number of H-pyrrole nitrogens is 1. The van der Waals surface area contributed by atoms with Gasteiger partial charge in [-0.15, -0.1) is 11.3 Å². The van der Waals surface area contributed by atoms with Crippen molar-refractivity contribution in [2.45, 2.75) is 33.4 Å². The molecular formula is C23H22N4O2S. The fourth-order valence-corrected chi connectivity index (χ4v) is 4.63. The predicted octanol–water partition coefficient (Wildman–Crippen LogP) is 4.78. The van der Waals surface area contributed by atoms with Crippen molar-refractivity contribution in [2.24, 2.45) is 0 Å². The fraction of sp³-hybridized carbons (Fsp3) is 0.261. The largest absolute Gasteiger partial charge is 0.468 e. The first-order valence-corrected chi connectivity index (χ1v) is 10.6. The summed E-state index contributed by atoms with van der Waals surface area (Å²) in [5.41, 5.74) is 3.03. The molecule has 152 valence electrons. The molecule has 0 radical (unpaired) electrons. The van der Waals surface area contributed by atoms with Crippen molar-refractivity contribution in [1.82, 2.24) is 14.9 Å². The van der Waals surface area contributed by atoms with Crippen molar-refractivity contribution < 1.29 is 4.42 Å². The van der Waals surface area contributed by atoms with Gasteiger partial charge in [-0.1, -0.05) is 29.8 Å². The van der Waals surface area contributed by atoms with E-state index in [9.17, 15) is 4.79 Å². The Morgan fingerprint density at radius 2 is 2.00 bits per heavy atom. The van der Waals surface area contributed by atoms with E-state index in [0.29, 0.717) is 37.3 Å². The summed E-state index contributed by atoms with van der Waals surface area (Å²) in [7, 11) is 0. The van der Waals surface area contributed by atoms with Gasteiger partial charge in [0.1, 0.15) is 16.4 Å². The van der Waals surface area contributed by atoms with Gasteiger partial charge in [0.2, 0.25) is 0 Å². The first-order chi connectivity index (χ1) is 14.5. The first kappa shape index (κ1) is 20.1. The number of hydrogen-bond donors (Lipinski definition) is 1. The molecule has 0 saturated heterocycles. The van der Waals surface area contributed by atoms with Crippen LogP contribution in [0.25, 0.3) is 21.3 Å². The Kier molecular flexibility index (Phi) is 5.79. The number of nitrogens with zero attached hydrogens (tertiary/aromatic N) is 3. The second kappa shape index (κ2) is 8.66. The molecule has 1 aromatic carbocycles. The van der Waals surface area contributed by atoms with Crippen molar-refractivity contribution in [1.29, 1.82) is 5.26 Å². The zero-order valence-electron chi connectivity index (χ0n) is 16.9. The van der Waals surface area contributed by atoms with Gasteiger partial charge in [0, 0.05) is 23.4 Å². The van der Waals surface area contributed by atoms with Crippen molar-refractivity contribution in [3.63, 3.8) is 0 Å². The summed E-state index contributed by atoms with van der Waals surface area (Å²) in [4.78, 5) is 24.6. The van der Waals surface area contributed by atoms with Crippen LogP contribution in [-0.4, -0.2) is 21.4 Å². The number of nitrogens with one attached hydrogen (secondary N) is 1. The highest BCUT2D eigenvalue weighted by atomic mass is 32.1. The number of furan rings is 1. The van der Waals surface area contributed by atoms with Crippen LogP contribution in [0.3, 0.4) is 0 Å². The summed E-state index contributed by atoms with van der Waals surface area (Å²) in [5.74, 6) is 1.40. The van der Waals surface area contributed by atoms with Crippen LogP contribution in [0.5, 0.6) is 0 Å². The van der Waals surface area contributed by atoms with Crippen LogP contribution in [0.15, 0.2) is 51.9 Å². The number of hydrogen-bond acceptors (Lipinski definition) is 6. The van der Waals surface area contributed by atoms with Gasteiger partial charge in [-0.3, -0.25) is 9.69 Å². The monoisotopic (exact) mass is 418 g/mol. The lowest BCUT2D eigenvalue weighted by Gasteiger charge is -2.19. The lowest BCUT2D eigenvalue weighted by atomic mass is 10.0. The van der Waals surface area contributed by atoms with Gasteiger partial charge in [0.25, 0.3) is 5.56 Å². The van der Waals surface area contributed by atoms with Gasteiger partial charge < -0.3 is 9.40 Å². The van der Waals surface area contributed by atoms with Gasteiger partial charge in [0.15, 0.2) is 0 Å². The molecule has 0 aliphatic carbocycles. The topological polar surface area (TPSA) is 85.9 Å². The summed E-state index contributed by atoms with van der Waals surface area (Å²) >= 11 is 1.54. The molecule has 7 heteroatoms. The summed E-state index contributed by atoms with van der Waals surface area (Å²) < 4.78 is 5.44. The molecule has 4 rings (SSSR count). The van der Waals surface area contributed by atoms with Crippen molar-refractivity contribution in [3.05, 3.63) is 75.0 Å². The summed E-state index contributed by atoms with van der Waals surface area (Å²) in [6.45, 7) is 5.62. The maximum absolute atomic E-state index is 13.0. The summed E-state index contributed by atoms with van der Waals surface area (Å²) in [5, 5.41) is 9.62. The average molecular weight is 419 g/mol. The van der Waals surface area contributed by atoms with Crippen molar-refractivity contribution in [3.8, 4) is 17.2 Å². The van der Waals surface area contributed by atoms with E-state index in [1.807, 2.05) is 43.0 Å². The minimum Gasteiger partial charge on any atom is -0.468 e. The van der Waals surface area contributed by atoms with Crippen LogP contribution in [0.2, 0.25) is 0 Å². The van der Waals surface area contributed by atoms with Gasteiger partial charge in [-0.25, -0.2) is 4.98 Å². The lowest BCUT2D eigenvalue weighted by molar-refractivity contribution is 0.235. The van der Waals surface area contributed by atoms with Crippen molar-refractivity contribution >= 4 is 21.6 Å². The van der Waals surface area contributed by atoms with Crippen LogP contribution < -0.4 is 5.56 Å². The van der Waals surface area contributed by atoms with Gasteiger partial charge >= 0.3 is 0 Å². The molecule has 1 N–H and O–H groups in total. The maximum Gasteiger partial charge on any atom is 0.260 e.